The van der Waals surface area contributed by atoms with Gasteiger partial charge in [-0.25, -0.2) is 0 Å². The molecule has 0 aromatic heterocycles. The van der Waals surface area contributed by atoms with Gasteiger partial charge in [0.25, 0.3) is 5.91 Å². The summed E-state index contributed by atoms with van der Waals surface area (Å²) in [5, 5.41) is 0. The van der Waals surface area contributed by atoms with Crippen LogP contribution in [0.2, 0.25) is 0 Å². The Hall–Kier alpha value is -1.35. The van der Waals surface area contributed by atoms with E-state index in [-0.39, 0.29) is 11.3 Å². The van der Waals surface area contributed by atoms with E-state index in [0.717, 1.165) is 30.5 Å². The molecule has 1 fully saturated rings. The predicted molar refractivity (Wildman–Crippen MR) is 68.9 cm³/mol. The van der Waals surface area contributed by atoms with Gasteiger partial charge in [0.1, 0.15) is 0 Å². The van der Waals surface area contributed by atoms with Gasteiger partial charge in [-0.3, -0.25) is 4.79 Å². The van der Waals surface area contributed by atoms with Gasteiger partial charge in [-0.05, 0) is 37.9 Å². The summed E-state index contributed by atoms with van der Waals surface area (Å²) in [4.78, 5) is 14.1. The Balaban J connectivity index is 2.07. The van der Waals surface area contributed by atoms with E-state index in [2.05, 4.69) is 0 Å². The maximum atomic E-state index is 12.3. The highest BCUT2D eigenvalue weighted by Crippen LogP contribution is 2.45. The molecule has 92 valence electrons. The van der Waals surface area contributed by atoms with Crippen molar-refractivity contribution in [1.82, 2.24) is 4.90 Å². The number of nitrogens with two attached hydrogens (primary N) is 1. The number of benzene rings is 1. The monoisotopic (exact) mass is 232 g/mol. The maximum Gasteiger partial charge on any atom is 0.253 e. The van der Waals surface area contributed by atoms with Crippen molar-refractivity contribution in [2.45, 2.75) is 19.8 Å². The van der Waals surface area contributed by atoms with Crippen LogP contribution in [0.3, 0.4) is 0 Å². The van der Waals surface area contributed by atoms with Crippen molar-refractivity contribution in [1.29, 1.82) is 0 Å². The molecular weight excluding hydrogens is 212 g/mol. The van der Waals surface area contributed by atoms with Crippen LogP contribution in [-0.4, -0.2) is 30.9 Å². The van der Waals surface area contributed by atoms with Gasteiger partial charge >= 0.3 is 0 Å². The molecule has 0 unspecified atom stereocenters. The average molecular weight is 232 g/mol. The Morgan fingerprint density at radius 1 is 1.41 bits per heavy atom. The van der Waals surface area contributed by atoms with Gasteiger partial charge in [0.15, 0.2) is 0 Å². The standard InChI is InChI=1S/C14H20N2O/c1-11-5-3-4-6-12(11)13(17)16(2)10-14(9-15)7-8-14/h3-6H,7-10,15H2,1-2H3. The van der Waals surface area contributed by atoms with Gasteiger partial charge in [0.2, 0.25) is 0 Å². The molecule has 0 radical (unpaired) electrons. The Labute approximate surface area is 103 Å². The fraction of sp³-hybridized carbons (Fsp3) is 0.500. The molecule has 1 aliphatic carbocycles. The molecule has 0 atom stereocenters. The number of carbonyl (C=O) groups excluding carboxylic acids is 1. The highest BCUT2D eigenvalue weighted by molar-refractivity contribution is 5.95. The van der Waals surface area contributed by atoms with E-state index in [1.165, 1.54) is 0 Å². The number of hydrogen-bond donors (Lipinski definition) is 1. The van der Waals surface area contributed by atoms with Gasteiger partial charge in [0, 0.05) is 24.6 Å². The predicted octanol–water partition coefficient (Wildman–Crippen LogP) is 1.81. The summed E-state index contributed by atoms with van der Waals surface area (Å²) < 4.78 is 0. The molecule has 2 N–H and O–H groups in total. The van der Waals surface area contributed by atoms with Crippen molar-refractivity contribution in [3.8, 4) is 0 Å². The molecule has 0 spiro atoms. The molecule has 1 aromatic carbocycles. The number of amides is 1. The van der Waals surface area contributed by atoms with Crippen LogP contribution >= 0.6 is 0 Å². The highest BCUT2D eigenvalue weighted by Gasteiger charge is 2.42. The number of rotatable bonds is 4. The van der Waals surface area contributed by atoms with Crippen LogP contribution in [0.25, 0.3) is 0 Å². The lowest BCUT2D eigenvalue weighted by Gasteiger charge is -2.23. The van der Waals surface area contributed by atoms with Crippen LogP contribution in [0, 0.1) is 12.3 Å². The maximum absolute atomic E-state index is 12.3. The van der Waals surface area contributed by atoms with Crippen LogP contribution < -0.4 is 5.73 Å². The third-order valence-corrected chi connectivity index (χ3v) is 3.68. The van der Waals surface area contributed by atoms with Crippen molar-refractivity contribution in [2.24, 2.45) is 11.1 Å². The van der Waals surface area contributed by atoms with E-state index in [4.69, 9.17) is 5.73 Å². The van der Waals surface area contributed by atoms with E-state index in [9.17, 15) is 4.79 Å². The Kier molecular flexibility index (Phi) is 3.20. The van der Waals surface area contributed by atoms with Crippen LogP contribution in [0.1, 0.15) is 28.8 Å². The number of carbonyl (C=O) groups is 1. The Morgan fingerprint density at radius 3 is 2.59 bits per heavy atom. The molecule has 17 heavy (non-hydrogen) atoms. The average Bonchev–Trinajstić information content (AvgIpc) is 3.09. The minimum absolute atomic E-state index is 0.0998. The van der Waals surface area contributed by atoms with E-state index in [0.29, 0.717) is 6.54 Å². The summed E-state index contributed by atoms with van der Waals surface area (Å²) in [6.45, 7) is 3.42. The van der Waals surface area contributed by atoms with E-state index >= 15 is 0 Å². The minimum Gasteiger partial charge on any atom is -0.341 e. The van der Waals surface area contributed by atoms with Crippen LogP contribution in [0.15, 0.2) is 24.3 Å². The zero-order valence-corrected chi connectivity index (χ0v) is 10.6. The van der Waals surface area contributed by atoms with Gasteiger partial charge in [-0.15, -0.1) is 0 Å². The lowest BCUT2D eigenvalue weighted by molar-refractivity contribution is 0.0766. The lowest BCUT2D eigenvalue weighted by atomic mass is 10.0. The molecule has 3 heteroatoms. The number of hydrogen-bond acceptors (Lipinski definition) is 2. The normalized spacial score (nSPS) is 16.6. The van der Waals surface area contributed by atoms with Crippen molar-refractivity contribution >= 4 is 5.91 Å². The van der Waals surface area contributed by atoms with E-state index in [1.54, 1.807) is 0 Å². The SMILES string of the molecule is Cc1ccccc1C(=O)N(C)CC1(CN)CC1. The second kappa shape index (κ2) is 4.49. The van der Waals surface area contributed by atoms with Crippen molar-refractivity contribution in [2.75, 3.05) is 20.1 Å². The first-order valence-electron chi connectivity index (χ1n) is 6.09. The van der Waals surface area contributed by atoms with Crippen molar-refractivity contribution < 1.29 is 4.79 Å². The fourth-order valence-corrected chi connectivity index (χ4v) is 2.20. The molecule has 0 heterocycles. The minimum atomic E-state index is 0.0998. The third kappa shape index (κ3) is 2.50. The second-order valence-electron chi connectivity index (χ2n) is 5.18. The summed E-state index contributed by atoms with van der Waals surface area (Å²) in [7, 11) is 1.87. The molecule has 0 saturated heterocycles. The smallest absolute Gasteiger partial charge is 0.253 e. The molecule has 0 aliphatic heterocycles. The molecule has 0 bridgehead atoms. The van der Waals surface area contributed by atoms with Crippen molar-refractivity contribution in [3.05, 3.63) is 35.4 Å². The summed E-state index contributed by atoms with van der Waals surface area (Å²) in [6, 6.07) is 7.71. The molecule has 1 saturated carbocycles. The quantitative estimate of drug-likeness (QED) is 0.860. The van der Waals surface area contributed by atoms with Crippen molar-refractivity contribution in [3.63, 3.8) is 0 Å². The first-order valence-corrected chi connectivity index (χ1v) is 6.09. The zero-order chi connectivity index (χ0) is 12.5. The topological polar surface area (TPSA) is 46.3 Å². The molecule has 1 aromatic rings. The van der Waals surface area contributed by atoms with Gasteiger partial charge in [0.05, 0.1) is 0 Å². The number of nitrogens with zero attached hydrogens (tertiary/aromatic N) is 1. The zero-order valence-electron chi connectivity index (χ0n) is 10.6. The molecule has 1 amide bonds. The Morgan fingerprint density at radius 2 is 2.06 bits per heavy atom. The highest BCUT2D eigenvalue weighted by atomic mass is 16.2. The van der Waals surface area contributed by atoms with E-state index < -0.39 is 0 Å². The van der Waals surface area contributed by atoms with Gasteiger partial charge in [-0.1, -0.05) is 18.2 Å². The van der Waals surface area contributed by atoms with Crippen LogP contribution in [0.4, 0.5) is 0 Å². The molecular formula is C14H20N2O. The lowest BCUT2D eigenvalue weighted by Crippen LogP contribution is -2.36. The largest absolute Gasteiger partial charge is 0.341 e. The summed E-state index contributed by atoms with van der Waals surface area (Å²) >= 11 is 0. The summed E-state index contributed by atoms with van der Waals surface area (Å²) in [5.41, 5.74) is 7.77. The summed E-state index contributed by atoms with van der Waals surface area (Å²) in [6.07, 6.45) is 2.30. The fourth-order valence-electron chi connectivity index (χ4n) is 2.20. The first-order chi connectivity index (χ1) is 8.08. The molecule has 2 rings (SSSR count). The van der Waals surface area contributed by atoms with Gasteiger partial charge in [-0.2, -0.15) is 0 Å². The van der Waals surface area contributed by atoms with Crippen LogP contribution in [0.5, 0.6) is 0 Å². The molecule has 1 aliphatic rings. The first kappa shape index (κ1) is 12.1. The number of aryl methyl sites for hydroxylation is 1. The summed E-state index contributed by atoms with van der Waals surface area (Å²) in [5.74, 6) is 0.0998. The third-order valence-electron chi connectivity index (χ3n) is 3.68. The van der Waals surface area contributed by atoms with Crippen LogP contribution in [-0.2, 0) is 0 Å². The van der Waals surface area contributed by atoms with E-state index in [1.807, 2.05) is 43.1 Å². The van der Waals surface area contributed by atoms with Gasteiger partial charge < -0.3 is 10.6 Å². The second-order valence-corrected chi connectivity index (χ2v) is 5.18. The Bertz CT molecular complexity index is 424. The molecule has 3 nitrogen and oxygen atoms in total.